The number of nitrogens with one attached hydrogen (secondary N) is 1. The summed E-state index contributed by atoms with van der Waals surface area (Å²) in [7, 11) is 2.17. The Morgan fingerprint density at radius 2 is 1.81 bits per heavy atom. The van der Waals surface area contributed by atoms with E-state index in [-0.39, 0.29) is 5.54 Å². The first-order valence-corrected chi connectivity index (χ1v) is 9.13. The Bertz CT molecular complexity index is 804. The molecule has 136 valence electrons. The van der Waals surface area contributed by atoms with Crippen molar-refractivity contribution in [1.29, 1.82) is 0 Å². The molecule has 0 bridgehead atoms. The molecule has 1 atom stereocenters. The first-order valence-electron chi connectivity index (χ1n) is 9.13. The molecule has 26 heavy (non-hydrogen) atoms. The van der Waals surface area contributed by atoms with Gasteiger partial charge in [-0.25, -0.2) is 9.97 Å². The van der Waals surface area contributed by atoms with Crippen LogP contribution >= 0.6 is 0 Å². The molecule has 0 radical (unpaired) electrons. The highest BCUT2D eigenvalue weighted by Gasteiger charge is 2.24. The van der Waals surface area contributed by atoms with Gasteiger partial charge in [0.05, 0.1) is 5.69 Å². The average molecular weight is 350 g/mol. The fraction of sp³-hybridized carbons (Fsp3) is 0.400. The molecule has 1 aliphatic carbocycles. The van der Waals surface area contributed by atoms with Crippen molar-refractivity contribution >= 4 is 23.3 Å². The van der Waals surface area contributed by atoms with E-state index >= 15 is 0 Å². The third-order valence-electron chi connectivity index (χ3n) is 5.16. The van der Waals surface area contributed by atoms with Crippen LogP contribution in [0.4, 0.5) is 17.2 Å². The number of nitrogens with zero attached hydrogens (tertiary/aromatic N) is 4. The Morgan fingerprint density at radius 3 is 2.54 bits per heavy atom. The summed E-state index contributed by atoms with van der Waals surface area (Å²) in [6, 6.07) is 8.58. The lowest BCUT2D eigenvalue weighted by atomic mass is 9.88. The van der Waals surface area contributed by atoms with E-state index in [0.29, 0.717) is 0 Å². The summed E-state index contributed by atoms with van der Waals surface area (Å²) >= 11 is 0. The van der Waals surface area contributed by atoms with E-state index in [9.17, 15) is 0 Å². The van der Waals surface area contributed by atoms with Crippen LogP contribution in [0, 0.1) is 0 Å². The maximum Gasteiger partial charge on any atom is 0.137 e. The largest absolute Gasteiger partial charge is 0.369 e. The number of benzene rings is 1. The Morgan fingerprint density at radius 1 is 1.08 bits per heavy atom. The smallest absolute Gasteiger partial charge is 0.137 e. The third kappa shape index (κ3) is 3.57. The van der Waals surface area contributed by atoms with E-state index in [1.165, 1.54) is 5.69 Å². The molecule has 0 saturated carbocycles. The van der Waals surface area contributed by atoms with Gasteiger partial charge in [-0.15, -0.1) is 0 Å². The number of rotatable bonds is 3. The molecule has 0 amide bonds. The SMILES string of the molecule is CN1CCN(c2ccc(Nc3ncnc4c3CC(C)(N)C=C4)cc2)CC1. The number of aromatic nitrogens is 2. The standard InChI is InChI=1S/C20H26N6/c1-20(21)8-7-18-17(13-20)19(23-14-22-18)24-15-3-5-16(6-4-15)26-11-9-25(2)10-12-26/h3-8,14H,9-13,21H2,1-2H3,(H,22,23,24). The second-order valence-electron chi connectivity index (χ2n) is 7.56. The van der Waals surface area contributed by atoms with Crippen molar-refractivity contribution in [1.82, 2.24) is 14.9 Å². The summed E-state index contributed by atoms with van der Waals surface area (Å²) < 4.78 is 0. The van der Waals surface area contributed by atoms with Gasteiger partial charge in [0.1, 0.15) is 12.1 Å². The predicted octanol–water partition coefficient (Wildman–Crippen LogP) is 2.26. The van der Waals surface area contributed by atoms with Crippen molar-refractivity contribution < 1.29 is 0 Å². The molecule has 1 saturated heterocycles. The van der Waals surface area contributed by atoms with E-state index in [2.05, 4.69) is 56.4 Å². The highest BCUT2D eigenvalue weighted by atomic mass is 15.2. The van der Waals surface area contributed by atoms with Gasteiger partial charge in [-0.3, -0.25) is 0 Å². The third-order valence-corrected chi connectivity index (χ3v) is 5.16. The summed E-state index contributed by atoms with van der Waals surface area (Å²) in [5.41, 5.74) is 10.2. The van der Waals surface area contributed by atoms with Gasteiger partial charge < -0.3 is 20.9 Å². The van der Waals surface area contributed by atoms with Gasteiger partial charge in [0, 0.05) is 48.7 Å². The van der Waals surface area contributed by atoms with Crippen molar-refractivity contribution in [3.63, 3.8) is 0 Å². The molecule has 2 heterocycles. The molecule has 1 aliphatic heterocycles. The van der Waals surface area contributed by atoms with Crippen LogP contribution in [0.15, 0.2) is 36.7 Å². The predicted molar refractivity (Wildman–Crippen MR) is 107 cm³/mol. The highest BCUT2D eigenvalue weighted by molar-refractivity contribution is 5.68. The average Bonchev–Trinajstić information content (AvgIpc) is 2.63. The topological polar surface area (TPSA) is 70.3 Å². The summed E-state index contributed by atoms with van der Waals surface area (Å²) in [6.45, 7) is 6.39. The van der Waals surface area contributed by atoms with Crippen LogP contribution < -0.4 is 16.0 Å². The number of anilines is 3. The maximum absolute atomic E-state index is 6.29. The number of likely N-dealkylation sites (N-methyl/N-ethyl adjacent to an activating group) is 1. The summed E-state index contributed by atoms with van der Waals surface area (Å²) in [5, 5.41) is 3.44. The molecule has 1 aromatic carbocycles. The normalized spacial score (nSPS) is 23.0. The summed E-state index contributed by atoms with van der Waals surface area (Å²) in [5.74, 6) is 0.836. The van der Waals surface area contributed by atoms with E-state index in [4.69, 9.17) is 5.73 Å². The van der Waals surface area contributed by atoms with Gasteiger partial charge in [-0.2, -0.15) is 0 Å². The quantitative estimate of drug-likeness (QED) is 0.885. The lowest BCUT2D eigenvalue weighted by Crippen LogP contribution is -2.44. The molecule has 0 spiro atoms. The molecule has 4 rings (SSSR count). The molecule has 2 aliphatic rings. The van der Waals surface area contributed by atoms with Gasteiger partial charge >= 0.3 is 0 Å². The van der Waals surface area contributed by atoms with E-state index < -0.39 is 0 Å². The first-order chi connectivity index (χ1) is 12.5. The minimum Gasteiger partial charge on any atom is -0.369 e. The van der Waals surface area contributed by atoms with Gasteiger partial charge in [-0.05, 0) is 50.7 Å². The van der Waals surface area contributed by atoms with Gasteiger partial charge in [0.15, 0.2) is 0 Å². The Balaban J connectivity index is 1.51. The lowest BCUT2D eigenvalue weighted by molar-refractivity contribution is 0.313. The van der Waals surface area contributed by atoms with E-state index in [1.807, 2.05) is 19.1 Å². The second-order valence-corrected chi connectivity index (χ2v) is 7.56. The molecule has 6 heteroatoms. The fourth-order valence-corrected chi connectivity index (χ4v) is 3.52. The Labute approximate surface area is 154 Å². The summed E-state index contributed by atoms with van der Waals surface area (Å²) in [4.78, 5) is 13.6. The van der Waals surface area contributed by atoms with Crippen LogP contribution in [0.25, 0.3) is 6.08 Å². The van der Waals surface area contributed by atoms with Gasteiger partial charge in [-0.1, -0.05) is 6.08 Å². The zero-order valence-corrected chi connectivity index (χ0v) is 15.4. The highest BCUT2D eigenvalue weighted by Crippen LogP contribution is 2.29. The van der Waals surface area contributed by atoms with Crippen LogP contribution in [-0.2, 0) is 6.42 Å². The summed E-state index contributed by atoms with van der Waals surface area (Å²) in [6.07, 6.45) is 6.32. The first kappa shape index (κ1) is 17.0. The van der Waals surface area contributed by atoms with Crippen molar-refractivity contribution in [2.45, 2.75) is 18.9 Å². The molecule has 2 aromatic rings. The molecule has 1 aromatic heterocycles. The fourth-order valence-electron chi connectivity index (χ4n) is 3.52. The molecular formula is C20H26N6. The van der Waals surface area contributed by atoms with Crippen molar-refractivity contribution in [2.75, 3.05) is 43.4 Å². The van der Waals surface area contributed by atoms with Crippen molar-refractivity contribution in [2.24, 2.45) is 5.73 Å². The maximum atomic E-state index is 6.29. The van der Waals surface area contributed by atoms with Crippen LogP contribution in [0.5, 0.6) is 0 Å². The number of piperazine rings is 1. The van der Waals surface area contributed by atoms with E-state index in [1.54, 1.807) is 6.33 Å². The number of hydrogen-bond donors (Lipinski definition) is 2. The van der Waals surface area contributed by atoms with Gasteiger partial charge in [0.2, 0.25) is 0 Å². The Hall–Kier alpha value is -2.44. The van der Waals surface area contributed by atoms with Crippen molar-refractivity contribution in [3.8, 4) is 0 Å². The van der Waals surface area contributed by atoms with Gasteiger partial charge in [0.25, 0.3) is 0 Å². The molecule has 1 unspecified atom stereocenters. The van der Waals surface area contributed by atoms with Crippen molar-refractivity contribution in [3.05, 3.63) is 47.9 Å². The van der Waals surface area contributed by atoms with Crippen LogP contribution in [-0.4, -0.2) is 53.6 Å². The van der Waals surface area contributed by atoms with Crippen LogP contribution in [0.1, 0.15) is 18.2 Å². The zero-order valence-electron chi connectivity index (χ0n) is 15.4. The minimum absolute atomic E-state index is 0.362. The number of fused-ring (bicyclic) bond motifs is 1. The molecule has 1 fully saturated rings. The lowest BCUT2D eigenvalue weighted by Gasteiger charge is -2.34. The van der Waals surface area contributed by atoms with Crippen LogP contribution in [0.3, 0.4) is 0 Å². The monoisotopic (exact) mass is 350 g/mol. The minimum atomic E-state index is -0.362. The number of hydrogen-bond acceptors (Lipinski definition) is 6. The van der Waals surface area contributed by atoms with Crippen LogP contribution in [0.2, 0.25) is 0 Å². The van der Waals surface area contributed by atoms with E-state index in [0.717, 1.165) is 55.4 Å². The molecular weight excluding hydrogens is 324 g/mol. The second kappa shape index (κ2) is 6.70. The molecule has 6 nitrogen and oxygen atoms in total. The number of nitrogens with two attached hydrogens (primary N) is 1. The Kier molecular flexibility index (Phi) is 4.38. The molecule has 3 N–H and O–H groups in total. The zero-order chi connectivity index (χ0) is 18.1.